The molecule has 0 spiro atoms. The van der Waals surface area contributed by atoms with Gasteiger partial charge in [-0.1, -0.05) is 6.07 Å². The van der Waals surface area contributed by atoms with Crippen molar-refractivity contribution in [1.29, 1.82) is 0 Å². The number of aryl methyl sites for hydroxylation is 1. The van der Waals surface area contributed by atoms with Gasteiger partial charge in [-0.15, -0.1) is 0 Å². The van der Waals surface area contributed by atoms with E-state index in [1.54, 1.807) is 6.07 Å². The largest absolute Gasteiger partial charge is 0.399 e. The molecule has 5 heteroatoms. The Hall–Kier alpha value is -1.59. The molecule has 1 aliphatic heterocycles. The van der Waals surface area contributed by atoms with Crippen LogP contribution in [0.4, 0.5) is 11.4 Å². The Morgan fingerprint density at radius 3 is 2.71 bits per heavy atom. The number of rotatable bonds is 4. The van der Waals surface area contributed by atoms with Crippen LogP contribution in [0.3, 0.4) is 0 Å². The molecule has 1 aliphatic rings. The van der Waals surface area contributed by atoms with Crippen LogP contribution < -0.4 is 11.1 Å². The topological polar surface area (TPSA) is 73.6 Å². The maximum absolute atomic E-state index is 12.0. The second-order valence-corrected chi connectivity index (χ2v) is 5.78. The van der Waals surface area contributed by atoms with Gasteiger partial charge in [-0.3, -0.25) is 4.79 Å². The molecular weight excluding hydrogens is 268 g/mol. The molecule has 1 fully saturated rings. The standard InChI is InChI=1S/C16H24N2O3/c1-10-4-5-13(17)8-15(10)18-16(19)9-20-14-6-11(2)21-12(3)7-14/h4-5,8,11-12,14H,6-7,9,17H2,1-3H3,(H,18,19). The number of carbonyl (C=O) groups is 1. The highest BCUT2D eigenvalue weighted by atomic mass is 16.5. The Labute approximate surface area is 125 Å². The first-order chi connectivity index (χ1) is 9.94. The van der Waals surface area contributed by atoms with E-state index in [4.69, 9.17) is 15.2 Å². The van der Waals surface area contributed by atoms with Crippen LogP contribution in [0.5, 0.6) is 0 Å². The quantitative estimate of drug-likeness (QED) is 0.836. The second kappa shape index (κ2) is 6.91. The third-order valence-electron chi connectivity index (χ3n) is 3.64. The van der Waals surface area contributed by atoms with Crippen molar-refractivity contribution < 1.29 is 14.3 Å². The van der Waals surface area contributed by atoms with Crippen LogP contribution >= 0.6 is 0 Å². The molecule has 0 bridgehead atoms. The molecule has 2 rings (SSSR count). The van der Waals surface area contributed by atoms with Gasteiger partial charge in [-0.05, 0) is 51.3 Å². The van der Waals surface area contributed by atoms with E-state index in [-0.39, 0.29) is 30.8 Å². The van der Waals surface area contributed by atoms with Crippen LogP contribution in [0.2, 0.25) is 0 Å². The van der Waals surface area contributed by atoms with E-state index in [1.807, 2.05) is 32.9 Å². The fraction of sp³-hybridized carbons (Fsp3) is 0.562. The summed E-state index contributed by atoms with van der Waals surface area (Å²) in [6.45, 7) is 6.04. The van der Waals surface area contributed by atoms with Gasteiger partial charge in [-0.25, -0.2) is 0 Å². The van der Waals surface area contributed by atoms with Gasteiger partial charge in [0, 0.05) is 11.4 Å². The predicted molar refractivity (Wildman–Crippen MR) is 83.2 cm³/mol. The summed E-state index contributed by atoms with van der Waals surface area (Å²) in [4.78, 5) is 12.0. The van der Waals surface area contributed by atoms with Crippen LogP contribution in [0.15, 0.2) is 18.2 Å². The molecule has 1 saturated heterocycles. The molecule has 3 N–H and O–H groups in total. The van der Waals surface area contributed by atoms with Crippen molar-refractivity contribution in [3.63, 3.8) is 0 Å². The molecule has 2 atom stereocenters. The van der Waals surface area contributed by atoms with Crippen molar-refractivity contribution in [2.24, 2.45) is 0 Å². The van der Waals surface area contributed by atoms with Gasteiger partial charge in [0.05, 0.1) is 18.3 Å². The van der Waals surface area contributed by atoms with E-state index in [2.05, 4.69) is 5.32 Å². The van der Waals surface area contributed by atoms with Gasteiger partial charge in [0.2, 0.25) is 5.91 Å². The van der Waals surface area contributed by atoms with Gasteiger partial charge in [-0.2, -0.15) is 0 Å². The van der Waals surface area contributed by atoms with Gasteiger partial charge >= 0.3 is 0 Å². The first-order valence-electron chi connectivity index (χ1n) is 7.37. The summed E-state index contributed by atoms with van der Waals surface area (Å²) in [6.07, 6.45) is 2.09. The van der Waals surface area contributed by atoms with Crippen molar-refractivity contribution >= 4 is 17.3 Å². The average Bonchev–Trinajstić information content (AvgIpc) is 2.40. The number of nitrogen functional groups attached to an aromatic ring is 1. The van der Waals surface area contributed by atoms with Crippen LogP contribution in [0.25, 0.3) is 0 Å². The number of nitrogens with two attached hydrogens (primary N) is 1. The molecule has 116 valence electrons. The summed E-state index contributed by atoms with van der Waals surface area (Å²) in [5.41, 5.74) is 8.07. The monoisotopic (exact) mass is 292 g/mol. The van der Waals surface area contributed by atoms with Crippen LogP contribution in [-0.4, -0.2) is 30.8 Å². The van der Waals surface area contributed by atoms with E-state index >= 15 is 0 Å². The summed E-state index contributed by atoms with van der Waals surface area (Å²) in [7, 11) is 0. The highest BCUT2D eigenvalue weighted by molar-refractivity contribution is 5.92. The molecule has 1 aromatic carbocycles. The van der Waals surface area contributed by atoms with E-state index in [0.29, 0.717) is 5.69 Å². The van der Waals surface area contributed by atoms with Crippen LogP contribution in [-0.2, 0) is 14.3 Å². The van der Waals surface area contributed by atoms with Crippen LogP contribution in [0.1, 0.15) is 32.3 Å². The smallest absolute Gasteiger partial charge is 0.250 e. The fourth-order valence-corrected chi connectivity index (χ4v) is 2.63. The second-order valence-electron chi connectivity index (χ2n) is 5.78. The van der Waals surface area contributed by atoms with E-state index in [9.17, 15) is 4.79 Å². The van der Waals surface area contributed by atoms with Gasteiger partial charge in [0.25, 0.3) is 0 Å². The number of hydrogen-bond acceptors (Lipinski definition) is 4. The number of amides is 1. The molecule has 0 radical (unpaired) electrons. The van der Waals surface area contributed by atoms with Crippen molar-refractivity contribution in [2.45, 2.75) is 51.9 Å². The molecule has 0 aliphatic carbocycles. The lowest BCUT2D eigenvalue weighted by molar-refractivity contribution is -0.131. The molecule has 1 aromatic rings. The first kappa shape index (κ1) is 15.8. The summed E-state index contributed by atoms with van der Waals surface area (Å²) in [5.74, 6) is -0.157. The SMILES string of the molecule is Cc1ccc(N)cc1NC(=O)COC1CC(C)OC(C)C1. The van der Waals surface area contributed by atoms with E-state index in [1.165, 1.54) is 0 Å². The number of ether oxygens (including phenoxy) is 2. The zero-order valence-corrected chi connectivity index (χ0v) is 12.9. The summed E-state index contributed by atoms with van der Waals surface area (Å²) >= 11 is 0. The Morgan fingerprint density at radius 2 is 2.05 bits per heavy atom. The zero-order valence-electron chi connectivity index (χ0n) is 12.9. The maximum atomic E-state index is 12.0. The summed E-state index contributed by atoms with van der Waals surface area (Å²) < 4.78 is 11.4. The molecule has 0 aromatic heterocycles. The summed E-state index contributed by atoms with van der Waals surface area (Å²) in [6, 6.07) is 5.45. The third kappa shape index (κ3) is 4.72. The van der Waals surface area contributed by atoms with E-state index in [0.717, 1.165) is 24.1 Å². The molecule has 0 saturated carbocycles. The molecule has 1 heterocycles. The molecule has 5 nitrogen and oxygen atoms in total. The van der Waals surface area contributed by atoms with Gasteiger partial charge in [0.1, 0.15) is 6.61 Å². The minimum atomic E-state index is -0.157. The lowest BCUT2D eigenvalue weighted by Gasteiger charge is -2.31. The minimum Gasteiger partial charge on any atom is -0.399 e. The molecular formula is C16H24N2O3. The molecule has 21 heavy (non-hydrogen) atoms. The highest BCUT2D eigenvalue weighted by Gasteiger charge is 2.25. The normalized spacial score (nSPS) is 25.6. The predicted octanol–water partition coefficient (Wildman–Crippen LogP) is 2.49. The van der Waals surface area contributed by atoms with Gasteiger partial charge in [0.15, 0.2) is 0 Å². The van der Waals surface area contributed by atoms with Crippen molar-refractivity contribution in [1.82, 2.24) is 0 Å². The Morgan fingerprint density at radius 1 is 1.38 bits per heavy atom. The van der Waals surface area contributed by atoms with Crippen molar-refractivity contribution in [2.75, 3.05) is 17.7 Å². The average molecular weight is 292 g/mol. The Balaban J connectivity index is 1.83. The van der Waals surface area contributed by atoms with E-state index < -0.39 is 0 Å². The maximum Gasteiger partial charge on any atom is 0.250 e. The molecule has 1 amide bonds. The number of benzene rings is 1. The van der Waals surface area contributed by atoms with Crippen molar-refractivity contribution in [3.05, 3.63) is 23.8 Å². The highest BCUT2D eigenvalue weighted by Crippen LogP contribution is 2.22. The number of nitrogens with one attached hydrogen (secondary N) is 1. The lowest BCUT2D eigenvalue weighted by Crippen LogP contribution is -2.35. The first-order valence-corrected chi connectivity index (χ1v) is 7.37. The third-order valence-corrected chi connectivity index (χ3v) is 3.64. The summed E-state index contributed by atoms with van der Waals surface area (Å²) in [5, 5.41) is 2.84. The Bertz CT molecular complexity index is 494. The lowest BCUT2D eigenvalue weighted by atomic mass is 10.0. The van der Waals surface area contributed by atoms with Gasteiger partial charge < -0.3 is 20.5 Å². The van der Waals surface area contributed by atoms with Crippen molar-refractivity contribution in [3.8, 4) is 0 Å². The van der Waals surface area contributed by atoms with Crippen LogP contribution in [0, 0.1) is 6.92 Å². The molecule has 2 unspecified atom stereocenters. The minimum absolute atomic E-state index is 0.0539. The zero-order chi connectivity index (χ0) is 15.4. The fourth-order valence-electron chi connectivity index (χ4n) is 2.63. The Kier molecular flexibility index (Phi) is 5.20. The number of anilines is 2. The number of hydrogen-bond donors (Lipinski definition) is 2. The number of carbonyl (C=O) groups excluding carboxylic acids is 1.